The van der Waals surface area contributed by atoms with Gasteiger partial charge >= 0.3 is 5.97 Å². The summed E-state index contributed by atoms with van der Waals surface area (Å²) in [6.07, 6.45) is 5.87. The number of rotatable bonds is 6. The normalized spacial score (nSPS) is 9.68. The molecule has 0 saturated heterocycles. The predicted molar refractivity (Wildman–Crippen MR) is 71.6 cm³/mol. The first-order valence-corrected chi connectivity index (χ1v) is 5.82. The molecule has 0 aliphatic carbocycles. The van der Waals surface area contributed by atoms with Crippen molar-refractivity contribution in [1.82, 2.24) is 4.90 Å². The molecule has 0 spiro atoms. The summed E-state index contributed by atoms with van der Waals surface area (Å²) in [5.74, 6) is 0.797. The Morgan fingerprint density at radius 1 is 1.32 bits per heavy atom. The summed E-state index contributed by atoms with van der Waals surface area (Å²) in [5, 5.41) is 8.74. The van der Waals surface area contributed by atoms with Crippen molar-refractivity contribution in [3.8, 4) is 12.3 Å². The molecule has 5 nitrogen and oxygen atoms in total. The zero-order chi connectivity index (χ0) is 14.3. The quantitative estimate of drug-likeness (QED) is 0.723. The number of carboxylic acid groups (broad SMARTS) is 1. The molecule has 0 aliphatic heterocycles. The molecule has 0 heterocycles. The first-order valence-electron chi connectivity index (χ1n) is 5.82. The van der Waals surface area contributed by atoms with Gasteiger partial charge < -0.3 is 15.7 Å². The van der Waals surface area contributed by atoms with Crippen molar-refractivity contribution in [3.63, 3.8) is 0 Å². The lowest BCUT2D eigenvalue weighted by atomic mass is 10.1. The number of carboxylic acids is 1. The Bertz CT molecular complexity index is 488. The predicted octanol–water partition coefficient (Wildman–Crippen LogP) is 0.348. The van der Waals surface area contributed by atoms with E-state index in [-0.39, 0.29) is 12.5 Å². The van der Waals surface area contributed by atoms with Crippen molar-refractivity contribution in [3.05, 3.63) is 35.4 Å². The number of hydrogen-bond acceptors (Lipinski definition) is 3. The second kappa shape index (κ2) is 7.19. The summed E-state index contributed by atoms with van der Waals surface area (Å²) in [7, 11) is 0. The van der Waals surface area contributed by atoms with Crippen LogP contribution in [0.5, 0.6) is 0 Å². The van der Waals surface area contributed by atoms with Gasteiger partial charge in [-0.25, -0.2) is 0 Å². The van der Waals surface area contributed by atoms with E-state index in [0.29, 0.717) is 12.1 Å². The van der Waals surface area contributed by atoms with Gasteiger partial charge in [-0.3, -0.25) is 9.59 Å². The minimum absolute atomic E-state index is 0.0321. The Morgan fingerprint density at radius 2 is 1.95 bits per heavy atom. The number of carbonyl (C=O) groups excluding carboxylic acids is 1. The number of terminal acetylenes is 1. The molecule has 0 bridgehead atoms. The van der Waals surface area contributed by atoms with Gasteiger partial charge in [-0.2, -0.15) is 0 Å². The second-order valence-corrected chi connectivity index (χ2v) is 3.99. The fraction of sp³-hybridized carbons (Fsp3) is 0.286. The van der Waals surface area contributed by atoms with Crippen LogP contribution in [0, 0.1) is 12.3 Å². The van der Waals surface area contributed by atoms with E-state index in [0.717, 1.165) is 16.9 Å². The van der Waals surface area contributed by atoms with Gasteiger partial charge in [0.25, 0.3) is 5.91 Å². The zero-order valence-electron chi connectivity index (χ0n) is 10.5. The smallest absolute Gasteiger partial charge is 0.323 e. The third kappa shape index (κ3) is 4.45. The Balaban J connectivity index is 2.84. The van der Waals surface area contributed by atoms with Crippen molar-refractivity contribution >= 4 is 11.9 Å². The van der Waals surface area contributed by atoms with Crippen LogP contribution in [-0.4, -0.2) is 41.5 Å². The Labute approximate surface area is 112 Å². The van der Waals surface area contributed by atoms with E-state index < -0.39 is 12.5 Å². The Hall–Kier alpha value is -2.32. The molecule has 0 aromatic heterocycles. The van der Waals surface area contributed by atoms with Crippen LogP contribution in [0.4, 0.5) is 0 Å². The highest BCUT2D eigenvalue weighted by Crippen LogP contribution is 2.08. The fourth-order valence-corrected chi connectivity index (χ4v) is 1.64. The first-order chi connectivity index (χ1) is 9.08. The summed E-state index contributed by atoms with van der Waals surface area (Å²) >= 11 is 0. The van der Waals surface area contributed by atoms with E-state index in [2.05, 4.69) is 5.92 Å². The molecule has 1 aromatic carbocycles. The minimum atomic E-state index is -1.09. The van der Waals surface area contributed by atoms with Crippen molar-refractivity contribution in [1.29, 1.82) is 0 Å². The molecule has 0 aliphatic rings. The van der Waals surface area contributed by atoms with Crippen molar-refractivity contribution in [2.45, 2.75) is 6.42 Å². The molecular weight excluding hydrogens is 244 g/mol. The lowest BCUT2D eigenvalue weighted by Gasteiger charge is -2.18. The molecule has 1 amide bonds. The summed E-state index contributed by atoms with van der Waals surface area (Å²) in [4.78, 5) is 23.9. The maximum atomic E-state index is 12.1. The molecule has 0 radical (unpaired) electrons. The topological polar surface area (TPSA) is 83.6 Å². The number of nitrogens with two attached hydrogens (primary N) is 1. The largest absolute Gasteiger partial charge is 0.480 e. The molecule has 5 heteroatoms. The van der Waals surface area contributed by atoms with Crippen LogP contribution < -0.4 is 5.73 Å². The van der Waals surface area contributed by atoms with Gasteiger partial charge in [0, 0.05) is 5.56 Å². The lowest BCUT2D eigenvalue weighted by molar-refractivity contribution is -0.137. The van der Waals surface area contributed by atoms with E-state index in [4.69, 9.17) is 17.3 Å². The van der Waals surface area contributed by atoms with Crippen LogP contribution in [0.25, 0.3) is 0 Å². The molecule has 0 saturated carbocycles. The fourth-order valence-electron chi connectivity index (χ4n) is 1.64. The van der Waals surface area contributed by atoms with Gasteiger partial charge in [-0.1, -0.05) is 18.1 Å². The molecule has 0 unspecified atom stereocenters. The molecule has 1 rings (SSSR count). The molecule has 100 valence electrons. The van der Waals surface area contributed by atoms with Gasteiger partial charge in [-0.15, -0.1) is 6.42 Å². The van der Waals surface area contributed by atoms with E-state index in [1.165, 1.54) is 0 Å². The van der Waals surface area contributed by atoms with Crippen LogP contribution in [0.15, 0.2) is 24.3 Å². The first kappa shape index (κ1) is 14.7. The van der Waals surface area contributed by atoms with E-state index >= 15 is 0 Å². The van der Waals surface area contributed by atoms with Crippen LogP contribution in [0.3, 0.4) is 0 Å². The molecular formula is C14H16N2O3. The SMILES string of the molecule is C#CCN(CC(=O)O)C(=O)c1ccc(CCN)cc1. The average Bonchev–Trinajstić information content (AvgIpc) is 2.38. The van der Waals surface area contributed by atoms with Crippen LogP contribution in [-0.2, 0) is 11.2 Å². The van der Waals surface area contributed by atoms with Crippen molar-refractivity contribution in [2.75, 3.05) is 19.6 Å². The van der Waals surface area contributed by atoms with E-state index in [9.17, 15) is 9.59 Å². The Morgan fingerprint density at radius 3 is 2.42 bits per heavy atom. The third-order valence-electron chi connectivity index (χ3n) is 2.53. The lowest BCUT2D eigenvalue weighted by Crippen LogP contribution is -2.35. The maximum Gasteiger partial charge on any atom is 0.323 e. The highest BCUT2D eigenvalue weighted by atomic mass is 16.4. The summed E-state index contributed by atoms with van der Waals surface area (Å²) in [6, 6.07) is 6.90. The van der Waals surface area contributed by atoms with Crippen LogP contribution in [0.2, 0.25) is 0 Å². The monoisotopic (exact) mass is 260 g/mol. The molecule has 19 heavy (non-hydrogen) atoms. The van der Waals surface area contributed by atoms with Crippen molar-refractivity contribution < 1.29 is 14.7 Å². The summed E-state index contributed by atoms with van der Waals surface area (Å²) in [5.41, 5.74) is 6.88. The number of nitrogens with zero attached hydrogens (tertiary/aromatic N) is 1. The molecule has 0 fully saturated rings. The van der Waals surface area contributed by atoms with Gasteiger partial charge in [0.15, 0.2) is 0 Å². The highest BCUT2D eigenvalue weighted by Gasteiger charge is 2.17. The summed E-state index contributed by atoms with van der Waals surface area (Å²) < 4.78 is 0. The van der Waals surface area contributed by atoms with Gasteiger partial charge in [0.2, 0.25) is 0 Å². The molecule has 0 atom stereocenters. The molecule has 3 N–H and O–H groups in total. The highest BCUT2D eigenvalue weighted by molar-refractivity contribution is 5.96. The standard InChI is InChI=1S/C14H16N2O3/c1-2-9-16(10-13(17)18)14(19)12-5-3-11(4-6-12)7-8-15/h1,3-6H,7-10,15H2,(H,17,18). The minimum Gasteiger partial charge on any atom is -0.480 e. The number of hydrogen-bond donors (Lipinski definition) is 2. The second-order valence-electron chi connectivity index (χ2n) is 3.99. The zero-order valence-corrected chi connectivity index (χ0v) is 10.5. The average molecular weight is 260 g/mol. The third-order valence-corrected chi connectivity index (χ3v) is 2.53. The molecule has 1 aromatic rings. The van der Waals surface area contributed by atoms with Crippen molar-refractivity contribution in [2.24, 2.45) is 5.73 Å². The van der Waals surface area contributed by atoms with Crippen LogP contribution in [0.1, 0.15) is 15.9 Å². The number of benzene rings is 1. The van der Waals surface area contributed by atoms with Gasteiger partial charge in [0.05, 0.1) is 6.54 Å². The number of amides is 1. The maximum absolute atomic E-state index is 12.1. The summed E-state index contributed by atoms with van der Waals surface area (Å²) in [6.45, 7) is 0.0960. The van der Waals surface area contributed by atoms with Crippen LogP contribution >= 0.6 is 0 Å². The van der Waals surface area contributed by atoms with Gasteiger partial charge in [-0.05, 0) is 30.7 Å². The number of carbonyl (C=O) groups is 2. The van der Waals surface area contributed by atoms with E-state index in [1.807, 2.05) is 0 Å². The van der Waals surface area contributed by atoms with Gasteiger partial charge in [0.1, 0.15) is 6.54 Å². The van der Waals surface area contributed by atoms with E-state index in [1.54, 1.807) is 24.3 Å². The number of aliphatic carboxylic acids is 1. The Kier molecular flexibility index (Phi) is 5.58.